The molecule has 28 heavy (non-hydrogen) atoms. The van der Waals surface area contributed by atoms with Crippen LogP contribution in [0.2, 0.25) is 0 Å². The maximum absolute atomic E-state index is 13.2. The first-order valence-electron chi connectivity index (χ1n) is 9.24. The number of ether oxygens (including phenoxy) is 1. The van der Waals surface area contributed by atoms with E-state index in [2.05, 4.69) is 20.5 Å². The van der Waals surface area contributed by atoms with Gasteiger partial charge < -0.3 is 14.6 Å². The first-order chi connectivity index (χ1) is 13.6. The Bertz CT molecular complexity index is 936. The van der Waals surface area contributed by atoms with Crippen molar-refractivity contribution < 1.29 is 14.1 Å². The molecule has 0 aliphatic carbocycles. The van der Waals surface area contributed by atoms with Crippen molar-refractivity contribution in [2.24, 2.45) is 7.05 Å². The number of hydrogen-bond acceptors (Lipinski definition) is 6. The molecule has 2 unspecified atom stereocenters. The van der Waals surface area contributed by atoms with Crippen LogP contribution in [0.25, 0.3) is 0 Å². The van der Waals surface area contributed by atoms with Crippen molar-refractivity contribution >= 4 is 11.7 Å². The Kier molecular flexibility index (Phi) is 5.23. The number of carbonyl (C=O) groups is 1. The van der Waals surface area contributed by atoms with E-state index in [4.69, 9.17) is 9.26 Å². The maximum atomic E-state index is 13.2. The quantitative estimate of drug-likeness (QED) is 0.731. The van der Waals surface area contributed by atoms with Gasteiger partial charge in [-0.25, -0.2) is 0 Å². The molecule has 2 atom stereocenters. The molecule has 4 rings (SSSR count). The van der Waals surface area contributed by atoms with Gasteiger partial charge in [0.15, 0.2) is 5.82 Å². The molecule has 1 aromatic carbocycles. The maximum Gasteiger partial charge on any atom is 0.247 e. The highest BCUT2D eigenvalue weighted by atomic mass is 16.5. The van der Waals surface area contributed by atoms with E-state index in [1.54, 1.807) is 19.2 Å². The Morgan fingerprint density at radius 3 is 2.79 bits per heavy atom. The summed E-state index contributed by atoms with van der Waals surface area (Å²) in [6.45, 7) is 3.57. The van der Waals surface area contributed by atoms with E-state index in [0.717, 1.165) is 11.3 Å². The zero-order valence-electron chi connectivity index (χ0n) is 15.9. The van der Waals surface area contributed by atoms with E-state index in [-0.39, 0.29) is 12.0 Å². The topological polar surface area (TPSA) is 85.4 Å². The molecule has 3 heterocycles. The molecule has 1 fully saturated rings. The fraction of sp³-hybridized carbons (Fsp3) is 0.350. The van der Waals surface area contributed by atoms with Gasteiger partial charge in [0.25, 0.3) is 0 Å². The van der Waals surface area contributed by atoms with Crippen LogP contribution in [0.5, 0.6) is 0 Å². The SMILES string of the molecule is Cc1cc(NC(=O)C(c2ccccc2)N2CCOC(c3ccnn3C)C2)no1. The second kappa shape index (κ2) is 7.95. The van der Waals surface area contributed by atoms with Gasteiger partial charge in [-0.1, -0.05) is 35.5 Å². The number of morpholine rings is 1. The van der Waals surface area contributed by atoms with Gasteiger partial charge in [-0.05, 0) is 18.6 Å². The Balaban J connectivity index is 1.59. The van der Waals surface area contributed by atoms with E-state index in [1.807, 2.05) is 48.1 Å². The molecule has 3 aromatic rings. The highest BCUT2D eigenvalue weighted by Gasteiger charge is 2.34. The van der Waals surface area contributed by atoms with Gasteiger partial charge in [-0.15, -0.1) is 0 Å². The minimum absolute atomic E-state index is 0.144. The lowest BCUT2D eigenvalue weighted by molar-refractivity contribution is -0.125. The first-order valence-corrected chi connectivity index (χ1v) is 9.24. The highest BCUT2D eigenvalue weighted by Crippen LogP contribution is 2.29. The number of rotatable bonds is 5. The summed E-state index contributed by atoms with van der Waals surface area (Å²) in [5, 5.41) is 11.0. The first kappa shape index (κ1) is 18.4. The standard InChI is InChI=1S/C20H23N5O3/c1-14-12-18(23-28-14)22-20(26)19(15-6-4-3-5-7-15)25-10-11-27-17(13-25)16-8-9-21-24(16)2/h3-9,12,17,19H,10-11,13H2,1-2H3,(H,22,23,26). The third-order valence-corrected chi connectivity index (χ3v) is 4.89. The third kappa shape index (κ3) is 3.83. The molecular weight excluding hydrogens is 358 g/mol. The number of nitrogens with zero attached hydrogens (tertiary/aromatic N) is 4. The molecule has 146 valence electrons. The van der Waals surface area contributed by atoms with Crippen molar-refractivity contribution in [3.05, 3.63) is 65.7 Å². The molecule has 8 nitrogen and oxygen atoms in total. The zero-order valence-corrected chi connectivity index (χ0v) is 15.9. The molecule has 1 saturated heterocycles. The number of benzene rings is 1. The van der Waals surface area contributed by atoms with Crippen molar-refractivity contribution in [1.29, 1.82) is 0 Å². The Morgan fingerprint density at radius 2 is 2.11 bits per heavy atom. The summed E-state index contributed by atoms with van der Waals surface area (Å²) >= 11 is 0. The number of hydrogen-bond donors (Lipinski definition) is 1. The molecule has 1 N–H and O–H groups in total. The lowest BCUT2D eigenvalue weighted by atomic mass is 10.0. The summed E-state index contributed by atoms with van der Waals surface area (Å²) in [4.78, 5) is 15.3. The van der Waals surface area contributed by atoms with Crippen molar-refractivity contribution in [3.63, 3.8) is 0 Å². The summed E-state index contributed by atoms with van der Waals surface area (Å²) in [5.41, 5.74) is 1.91. The van der Waals surface area contributed by atoms with Crippen LogP contribution in [0.4, 0.5) is 5.82 Å². The van der Waals surface area contributed by atoms with Gasteiger partial charge in [0.1, 0.15) is 17.9 Å². The van der Waals surface area contributed by atoms with Gasteiger partial charge in [0.05, 0.1) is 12.3 Å². The van der Waals surface area contributed by atoms with E-state index < -0.39 is 6.04 Å². The summed E-state index contributed by atoms with van der Waals surface area (Å²) < 4.78 is 12.8. The minimum Gasteiger partial charge on any atom is -0.369 e. The largest absolute Gasteiger partial charge is 0.369 e. The Labute approximate surface area is 163 Å². The van der Waals surface area contributed by atoms with Gasteiger partial charge in [-0.3, -0.25) is 14.4 Å². The number of anilines is 1. The van der Waals surface area contributed by atoms with Gasteiger partial charge >= 0.3 is 0 Å². The lowest BCUT2D eigenvalue weighted by Gasteiger charge is -2.37. The van der Waals surface area contributed by atoms with Crippen LogP contribution >= 0.6 is 0 Å². The normalized spacial score (nSPS) is 18.7. The summed E-state index contributed by atoms with van der Waals surface area (Å²) in [6.07, 6.45) is 1.61. The summed E-state index contributed by atoms with van der Waals surface area (Å²) in [5.74, 6) is 0.916. The second-order valence-electron chi connectivity index (χ2n) is 6.86. The number of carbonyl (C=O) groups excluding carboxylic acids is 1. The van der Waals surface area contributed by atoms with Crippen LogP contribution in [0.15, 0.2) is 53.2 Å². The van der Waals surface area contributed by atoms with Crippen molar-refractivity contribution in [1.82, 2.24) is 19.8 Å². The molecule has 0 bridgehead atoms. The Morgan fingerprint density at radius 1 is 1.29 bits per heavy atom. The van der Waals surface area contributed by atoms with Crippen LogP contribution in [0, 0.1) is 6.92 Å². The molecule has 1 aliphatic heterocycles. The number of aromatic nitrogens is 3. The fourth-order valence-electron chi connectivity index (χ4n) is 3.57. The predicted octanol–water partition coefficient (Wildman–Crippen LogP) is 2.47. The molecule has 2 aromatic heterocycles. The lowest BCUT2D eigenvalue weighted by Crippen LogP contribution is -2.45. The van der Waals surface area contributed by atoms with E-state index in [1.165, 1.54) is 0 Å². The monoisotopic (exact) mass is 381 g/mol. The summed E-state index contributed by atoms with van der Waals surface area (Å²) in [6, 6.07) is 12.9. The van der Waals surface area contributed by atoms with E-state index in [0.29, 0.717) is 31.3 Å². The van der Waals surface area contributed by atoms with Crippen molar-refractivity contribution in [3.8, 4) is 0 Å². The highest BCUT2D eigenvalue weighted by molar-refractivity contribution is 5.94. The molecule has 0 radical (unpaired) electrons. The van der Waals surface area contributed by atoms with E-state index in [9.17, 15) is 4.79 Å². The third-order valence-electron chi connectivity index (χ3n) is 4.89. The molecule has 8 heteroatoms. The Hall–Kier alpha value is -2.97. The van der Waals surface area contributed by atoms with Crippen LogP contribution in [-0.2, 0) is 16.6 Å². The van der Waals surface area contributed by atoms with E-state index >= 15 is 0 Å². The predicted molar refractivity (Wildman–Crippen MR) is 103 cm³/mol. The smallest absolute Gasteiger partial charge is 0.247 e. The average molecular weight is 381 g/mol. The number of aryl methyl sites for hydroxylation is 2. The van der Waals surface area contributed by atoms with Crippen molar-refractivity contribution in [2.75, 3.05) is 25.0 Å². The number of nitrogens with one attached hydrogen (secondary N) is 1. The summed E-state index contributed by atoms with van der Waals surface area (Å²) in [7, 11) is 1.89. The minimum atomic E-state index is -0.460. The average Bonchev–Trinajstić information content (AvgIpc) is 3.31. The van der Waals surface area contributed by atoms with Gasteiger partial charge in [0.2, 0.25) is 5.91 Å². The number of amides is 1. The van der Waals surface area contributed by atoms with Crippen molar-refractivity contribution in [2.45, 2.75) is 19.1 Å². The second-order valence-corrected chi connectivity index (χ2v) is 6.86. The van der Waals surface area contributed by atoms with Crippen LogP contribution in [0.3, 0.4) is 0 Å². The molecule has 1 aliphatic rings. The van der Waals surface area contributed by atoms with Gasteiger partial charge in [0, 0.05) is 32.4 Å². The van der Waals surface area contributed by atoms with Gasteiger partial charge in [-0.2, -0.15) is 5.10 Å². The molecular formula is C20H23N5O3. The molecule has 0 spiro atoms. The zero-order chi connectivity index (χ0) is 19.5. The van der Waals surface area contributed by atoms with Crippen LogP contribution in [-0.4, -0.2) is 45.4 Å². The van der Waals surface area contributed by atoms with Crippen LogP contribution in [0.1, 0.15) is 29.2 Å². The fourth-order valence-corrected chi connectivity index (χ4v) is 3.57. The van der Waals surface area contributed by atoms with Crippen LogP contribution < -0.4 is 5.32 Å². The molecule has 0 saturated carbocycles. The molecule has 1 amide bonds.